The number of nitrogens with zero attached hydrogens (tertiary/aromatic N) is 1. The van der Waals surface area contributed by atoms with Gasteiger partial charge in [-0.05, 0) is 45.0 Å². The Bertz CT molecular complexity index is 468. The molecular formula is C16H22N2O3. The zero-order valence-corrected chi connectivity index (χ0v) is 12.4. The van der Waals surface area contributed by atoms with Gasteiger partial charge in [0.05, 0.1) is 19.1 Å². The Kier molecular flexibility index (Phi) is 5.75. The van der Waals surface area contributed by atoms with Crippen LogP contribution in [0.1, 0.15) is 19.8 Å². The average molecular weight is 290 g/mol. The quantitative estimate of drug-likeness (QED) is 0.842. The Hall–Kier alpha value is -1.88. The van der Waals surface area contributed by atoms with Gasteiger partial charge in [0.1, 0.15) is 0 Å². The molecule has 5 nitrogen and oxygen atoms in total. The number of ether oxygens (including phenoxy) is 1. The Balaban J connectivity index is 1.73. The van der Waals surface area contributed by atoms with Crippen molar-refractivity contribution in [1.29, 1.82) is 0 Å². The molecule has 1 aromatic carbocycles. The number of benzene rings is 1. The predicted molar refractivity (Wildman–Crippen MR) is 80.9 cm³/mol. The van der Waals surface area contributed by atoms with Gasteiger partial charge in [-0.2, -0.15) is 0 Å². The molecule has 114 valence electrons. The fraction of sp³-hybridized carbons (Fsp3) is 0.500. The molecule has 0 spiro atoms. The number of hydrogen-bond acceptors (Lipinski definition) is 4. The van der Waals surface area contributed by atoms with Crippen molar-refractivity contribution in [3.8, 4) is 0 Å². The maximum Gasteiger partial charge on any atom is 0.309 e. The fourth-order valence-electron chi connectivity index (χ4n) is 2.51. The first-order valence-electron chi connectivity index (χ1n) is 7.43. The topological polar surface area (TPSA) is 58.6 Å². The highest BCUT2D eigenvalue weighted by Crippen LogP contribution is 2.18. The second kappa shape index (κ2) is 7.78. The van der Waals surface area contributed by atoms with Crippen molar-refractivity contribution in [2.45, 2.75) is 19.8 Å². The van der Waals surface area contributed by atoms with E-state index < -0.39 is 0 Å². The summed E-state index contributed by atoms with van der Waals surface area (Å²) in [4.78, 5) is 25.7. The summed E-state index contributed by atoms with van der Waals surface area (Å²) < 4.78 is 5.04. The Morgan fingerprint density at radius 2 is 1.90 bits per heavy atom. The van der Waals surface area contributed by atoms with Crippen molar-refractivity contribution < 1.29 is 14.3 Å². The Morgan fingerprint density at radius 1 is 1.24 bits per heavy atom. The van der Waals surface area contributed by atoms with Crippen molar-refractivity contribution in [1.82, 2.24) is 4.90 Å². The van der Waals surface area contributed by atoms with E-state index in [-0.39, 0.29) is 17.8 Å². The van der Waals surface area contributed by atoms with Gasteiger partial charge in [0.25, 0.3) is 0 Å². The summed E-state index contributed by atoms with van der Waals surface area (Å²) in [5.41, 5.74) is 0.809. The number of carbonyl (C=O) groups is 2. The summed E-state index contributed by atoms with van der Waals surface area (Å²) in [6, 6.07) is 9.42. The smallest absolute Gasteiger partial charge is 0.309 e. The first-order chi connectivity index (χ1) is 10.2. The summed E-state index contributed by atoms with van der Waals surface area (Å²) in [5.74, 6) is -0.139. The average Bonchev–Trinajstić information content (AvgIpc) is 2.49. The number of piperidine rings is 1. The molecule has 0 radical (unpaired) electrons. The van der Waals surface area contributed by atoms with Crippen molar-refractivity contribution in [2.24, 2.45) is 5.92 Å². The van der Waals surface area contributed by atoms with Gasteiger partial charge in [0, 0.05) is 5.69 Å². The van der Waals surface area contributed by atoms with Crippen LogP contribution in [0.2, 0.25) is 0 Å². The fourth-order valence-corrected chi connectivity index (χ4v) is 2.51. The zero-order chi connectivity index (χ0) is 15.1. The van der Waals surface area contributed by atoms with Gasteiger partial charge >= 0.3 is 5.97 Å². The lowest BCUT2D eigenvalue weighted by molar-refractivity contribution is -0.149. The molecule has 0 aromatic heterocycles. The lowest BCUT2D eigenvalue weighted by Gasteiger charge is -2.30. The molecule has 1 aromatic rings. The van der Waals surface area contributed by atoms with Gasteiger partial charge in [-0.15, -0.1) is 0 Å². The number of carbonyl (C=O) groups excluding carboxylic acids is 2. The van der Waals surface area contributed by atoms with Crippen molar-refractivity contribution >= 4 is 17.6 Å². The van der Waals surface area contributed by atoms with E-state index >= 15 is 0 Å². The second-order valence-corrected chi connectivity index (χ2v) is 5.22. The summed E-state index contributed by atoms with van der Waals surface area (Å²) in [6.45, 7) is 4.13. The third-order valence-electron chi connectivity index (χ3n) is 3.63. The molecule has 5 heteroatoms. The van der Waals surface area contributed by atoms with E-state index in [1.54, 1.807) is 0 Å². The Morgan fingerprint density at radius 3 is 2.52 bits per heavy atom. The normalized spacial score (nSPS) is 16.4. The van der Waals surface area contributed by atoms with Gasteiger partial charge in [-0.25, -0.2) is 0 Å². The van der Waals surface area contributed by atoms with Crippen LogP contribution in [0.4, 0.5) is 5.69 Å². The molecule has 2 rings (SSSR count). The number of amides is 1. The molecule has 1 amide bonds. The monoisotopic (exact) mass is 290 g/mol. The van der Waals surface area contributed by atoms with Crippen molar-refractivity contribution in [2.75, 3.05) is 31.6 Å². The zero-order valence-electron chi connectivity index (χ0n) is 12.4. The summed E-state index contributed by atoms with van der Waals surface area (Å²) in [7, 11) is 0. The van der Waals surface area contributed by atoms with Crippen LogP contribution in [0.3, 0.4) is 0 Å². The first kappa shape index (κ1) is 15.5. The summed E-state index contributed by atoms with van der Waals surface area (Å²) in [6.07, 6.45) is 1.52. The molecular weight excluding hydrogens is 268 g/mol. The Labute approximate surface area is 125 Å². The SMILES string of the molecule is CCOC(=O)C1CCN(CC(=O)Nc2ccccc2)CC1. The minimum absolute atomic E-state index is 0.0154. The number of hydrogen-bond donors (Lipinski definition) is 1. The molecule has 1 N–H and O–H groups in total. The maximum absolute atomic E-state index is 12.0. The third-order valence-corrected chi connectivity index (χ3v) is 3.63. The molecule has 1 saturated heterocycles. The molecule has 0 saturated carbocycles. The third kappa shape index (κ3) is 4.86. The van der Waals surface area contributed by atoms with Crippen molar-refractivity contribution in [3.05, 3.63) is 30.3 Å². The number of para-hydroxylation sites is 1. The van der Waals surface area contributed by atoms with Gasteiger partial charge < -0.3 is 10.1 Å². The van der Waals surface area contributed by atoms with E-state index in [4.69, 9.17) is 4.74 Å². The van der Waals surface area contributed by atoms with Crippen LogP contribution in [-0.2, 0) is 14.3 Å². The molecule has 1 fully saturated rings. The van der Waals surface area contributed by atoms with E-state index in [9.17, 15) is 9.59 Å². The van der Waals surface area contributed by atoms with E-state index in [0.29, 0.717) is 13.2 Å². The van der Waals surface area contributed by atoms with Crippen LogP contribution in [0.25, 0.3) is 0 Å². The standard InChI is InChI=1S/C16H22N2O3/c1-2-21-16(20)13-8-10-18(11-9-13)12-15(19)17-14-6-4-3-5-7-14/h3-7,13H,2,8-12H2,1H3,(H,17,19). The lowest BCUT2D eigenvalue weighted by atomic mass is 9.97. The highest BCUT2D eigenvalue weighted by molar-refractivity contribution is 5.92. The van der Waals surface area contributed by atoms with E-state index in [0.717, 1.165) is 31.6 Å². The highest BCUT2D eigenvalue weighted by atomic mass is 16.5. The van der Waals surface area contributed by atoms with Gasteiger partial charge in [-0.1, -0.05) is 18.2 Å². The summed E-state index contributed by atoms with van der Waals surface area (Å²) >= 11 is 0. The lowest BCUT2D eigenvalue weighted by Crippen LogP contribution is -2.41. The first-order valence-corrected chi connectivity index (χ1v) is 7.43. The van der Waals surface area contributed by atoms with Crippen molar-refractivity contribution in [3.63, 3.8) is 0 Å². The largest absolute Gasteiger partial charge is 0.466 e. The summed E-state index contributed by atoms with van der Waals surface area (Å²) in [5, 5.41) is 2.87. The van der Waals surface area contributed by atoms with E-state index in [1.165, 1.54) is 0 Å². The molecule has 21 heavy (non-hydrogen) atoms. The number of likely N-dealkylation sites (tertiary alicyclic amines) is 1. The van der Waals surface area contributed by atoms with Crippen LogP contribution < -0.4 is 5.32 Å². The molecule has 0 bridgehead atoms. The van der Waals surface area contributed by atoms with Crippen LogP contribution in [0.15, 0.2) is 30.3 Å². The number of anilines is 1. The van der Waals surface area contributed by atoms with Crippen LogP contribution in [0, 0.1) is 5.92 Å². The molecule has 1 heterocycles. The number of nitrogens with one attached hydrogen (secondary N) is 1. The molecule has 0 aliphatic carbocycles. The molecule has 1 aliphatic heterocycles. The molecule has 1 aliphatic rings. The number of esters is 1. The minimum atomic E-state index is -0.106. The van der Waals surface area contributed by atoms with Gasteiger partial charge in [-0.3, -0.25) is 14.5 Å². The van der Waals surface area contributed by atoms with Crippen LogP contribution in [0.5, 0.6) is 0 Å². The maximum atomic E-state index is 12.0. The van der Waals surface area contributed by atoms with Gasteiger partial charge in [0.2, 0.25) is 5.91 Å². The highest BCUT2D eigenvalue weighted by Gasteiger charge is 2.26. The van der Waals surface area contributed by atoms with Gasteiger partial charge in [0.15, 0.2) is 0 Å². The van der Waals surface area contributed by atoms with E-state index in [2.05, 4.69) is 10.2 Å². The van der Waals surface area contributed by atoms with Crippen LogP contribution in [-0.4, -0.2) is 43.0 Å². The predicted octanol–water partition coefficient (Wildman–Crippen LogP) is 1.90. The molecule has 0 atom stereocenters. The molecule has 0 unspecified atom stereocenters. The van der Waals surface area contributed by atoms with E-state index in [1.807, 2.05) is 37.3 Å². The number of rotatable bonds is 5. The minimum Gasteiger partial charge on any atom is -0.466 e. The second-order valence-electron chi connectivity index (χ2n) is 5.22. The van der Waals surface area contributed by atoms with Crippen LogP contribution >= 0.6 is 0 Å².